The molecule has 0 saturated heterocycles. The Hall–Kier alpha value is -0.613. The summed E-state index contributed by atoms with van der Waals surface area (Å²) >= 11 is 0. The Bertz CT molecular complexity index is 432. The summed E-state index contributed by atoms with van der Waals surface area (Å²) in [5.41, 5.74) is 1.79. The maximum Gasteiger partial charge on any atom is 0.331 e. The fourth-order valence-electron chi connectivity index (χ4n) is 3.05. The van der Waals surface area contributed by atoms with Gasteiger partial charge in [-0.05, 0) is 49.2 Å². The molecule has 22 heavy (non-hydrogen) atoms. The molecule has 2 atom stereocenters. The zero-order valence-corrected chi connectivity index (χ0v) is 16.5. The molecule has 0 amide bonds. The van der Waals surface area contributed by atoms with Crippen LogP contribution in [0.2, 0.25) is 18.1 Å². The molecule has 1 rings (SSSR count). The number of carboxylic acids is 1. The number of allylic oxidation sites excluding steroid dienone is 1. The van der Waals surface area contributed by atoms with E-state index in [2.05, 4.69) is 40.8 Å². The first-order valence-electron chi connectivity index (χ1n) is 8.61. The zero-order valence-electron chi connectivity index (χ0n) is 15.5. The van der Waals surface area contributed by atoms with E-state index in [0.29, 0.717) is 23.8 Å². The van der Waals surface area contributed by atoms with Crippen LogP contribution in [0.5, 0.6) is 0 Å². The van der Waals surface area contributed by atoms with E-state index in [9.17, 15) is 9.90 Å². The molecular weight excluding hydrogens is 292 g/mol. The molecule has 0 spiro atoms. The van der Waals surface area contributed by atoms with Gasteiger partial charge in [-0.1, -0.05) is 46.6 Å². The van der Waals surface area contributed by atoms with Gasteiger partial charge in [0.15, 0.2) is 8.32 Å². The molecule has 1 fully saturated rings. The molecular formula is C18H34O3Si. The molecule has 1 aliphatic rings. The molecule has 0 radical (unpaired) electrons. The Kier molecular flexibility index (Phi) is 6.45. The van der Waals surface area contributed by atoms with Gasteiger partial charge >= 0.3 is 5.97 Å². The van der Waals surface area contributed by atoms with Crippen LogP contribution >= 0.6 is 0 Å². The molecule has 1 aliphatic carbocycles. The molecule has 1 N–H and O–H groups in total. The van der Waals surface area contributed by atoms with Crippen LogP contribution in [0.1, 0.15) is 60.3 Å². The number of carbonyl (C=O) groups is 1. The van der Waals surface area contributed by atoms with Crippen molar-refractivity contribution >= 4 is 14.3 Å². The Labute approximate surface area is 137 Å². The van der Waals surface area contributed by atoms with E-state index < -0.39 is 14.3 Å². The highest BCUT2D eigenvalue weighted by molar-refractivity contribution is 6.74. The summed E-state index contributed by atoms with van der Waals surface area (Å²) in [5.74, 6) is 0.314. The largest absolute Gasteiger partial charge is 0.478 e. The second-order valence-electron chi connectivity index (χ2n) is 8.15. The molecule has 0 aromatic heterocycles. The lowest BCUT2D eigenvalue weighted by Gasteiger charge is -2.37. The fraction of sp³-hybridized carbons (Fsp3) is 0.833. The first-order chi connectivity index (χ1) is 10.0. The predicted molar refractivity (Wildman–Crippen MR) is 94.6 cm³/mol. The Morgan fingerprint density at radius 2 is 1.77 bits per heavy atom. The highest BCUT2D eigenvalue weighted by Crippen LogP contribution is 2.42. The van der Waals surface area contributed by atoms with E-state index in [1.54, 1.807) is 0 Å². The number of carboxylic acid groups (broad SMARTS) is 1. The Morgan fingerprint density at radius 1 is 1.23 bits per heavy atom. The van der Waals surface area contributed by atoms with Crippen LogP contribution in [0.4, 0.5) is 0 Å². The quantitative estimate of drug-likeness (QED) is 0.536. The third kappa shape index (κ3) is 4.45. The van der Waals surface area contributed by atoms with Crippen molar-refractivity contribution in [2.45, 2.75) is 78.4 Å². The van der Waals surface area contributed by atoms with Crippen molar-refractivity contribution in [3.8, 4) is 0 Å². The molecule has 3 nitrogen and oxygen atoms in total. The molecule has 0 heterocycles. The normalized spacial score (nSPS) is 25.4. The van der Waals surface area contributed by atoms with Crippen LogP contribution in [0, 0.1) is 11.8 Å². The monoisotopic (exact) mass is 326 g/mol. The third-order valence-corrected chi connectivity index (χ3v) is 10.2. The number of aliphatic carboxylic acids is 1. The number of hydrogen-bond acceptors (Lipinski definition) is 2. The first kappa shape index (κ1) is 19.4. The van der Waals surface area contributed by atoms with Crippen molar-refractivity contribution in [3.05, 3.63) is 11.1 Å². The van der Waals surface area contributed by atoms with E-state index in [1.165, 1.54) is 0 Å². The summed E-state index contributed by atoms with van der Waals surface area (Å²) in [5, 5.41) is 9.59. The standard InChI is InChI=1S/C18H34O3Si/c1-8-13-10-14(16(9-2)17(19)20)11-15(13)12-21-22(6,7)18(3,4)5/h13,15H,8-12H2,1-7H3,(H,19,20)/t13-,15-/m1/s1. The molecule has 0 aromatic carbocycles. The summed E-state index contributed by atoms with van der Waals surface area (Å²) in [4.78, 5) is 11.4. The van der Waals surface area contributed by atoms with Crippen molar-refractivity contribution < 1.29 is 14.3 Å². The van der Waals surface area contributed by atoms with Crippen molar-refractivity contribution in [1.82, 2.24) is 0 Å². The molecule has 0 aromatic rings. The summed E-state index contributed by atoms with van der Waals surface area (Å²) in [6, 6.07) is 0. The van der Waals surface area contributed by atoms with E-state index in [4.69, 9.17) is 4.43 Å². The van der Waals surface area contributed by atoms with E-state index in [-0.39, 0.29) is 5.04 Å². The lowest BCUT2D eigenvalue weighted by atomic mass is 9.95. The average Bonchev–Trinajstić information content (AvgIpc) is 2.78. The van der Waals surface area contributed by atoms with Crippen LogP contribution in [-0.4, -0.2) is 26.0 Å². The van der Waals surface area contributed by atoms with E-state index in [1.807, 2.05) is 6.92 Å². The SMILES string of the molecule is CCC(C(=O)O)=C1C[C@@H](CC)[C@@H](CO[Si](C)(C)C(C)(C)C)C1. The second kappa shape index (κ2) is 7.31. The minimum Gasteiger partial charge on any atom is -0.478 e. The third-order valence-electron chi connectivity index (χ3n) is 5.71. The second-order valence-corrected chi connectivity index (χ2v) is 13.0. The average molecular weight is 327 g/mol. The summed E-state index contributed by atoms with van der Waals surface area (Å²) in [6.07, 6.45) is 3.57. The van der Waals surface area contributed by atoms with Crippen LogP contribution in [0.25, 0.3) is 0 Å². The van der Waals surface area contributed by atoms with Crippen molar-refractivity contribution in [2.75, 3.05) is 6.61 Å². The van der Waals surface area contributed by atoms with Gasteiger partial charge < -0.3 is 9.53 Å². The van der Waals surface area contributed by atoms with Crippen LogP contribution in [0.3, 0.4) is 0 Å². The number of rotatable bonds is 6. The summed E-state index contributed by atoms with van der Waals surface area (Å²) in [7, 11) is -1.73. The summed E-state index contributed by atoms with van der Waals surface area (Å²) < 4.78 is 6.40. The van der Waals surface area contributed by atoms with Crippen LogP contribution in [0.15, 0.2) is 11.1 Å². The summed E-state index contributed by atoms with van der Waals surface area (Å²) in [6.45, 7) is 16.3. The predicted octanol–water partition coefficient (Wildman–Crippen LogP) is 5.24. The lowest BCUT2D eigenvalue weighted by molar-refractivity contribution is -0.132. The van der Waals surface area contributed by atoms with Crippen LogP contribution < -0.4 is 0 Å². The lowest BCUT2D eigenvalue weighted by Crippen LogP contribution is -2.42. The highest BCUT2D eigenvalue weighted by atomic mass is 28.4. The van der Waals surface area contributed by atoms with Gasteiger partial charge in [-0.2, -0.15) is 0 Å². The van der Waals surface area contributed by atoms with Gasteiger partial charge in [0.05, 0.1) is 0 Å². The van der Waals surface area contributed by atoms with Crippen molar-refractivity contribution in [3.63, 3.8) is 0 Å². The molecule has 0 unspecified atom stereocenters. The van der Waals surface area contributed by atoms with Crippen molar-refractivity contribution in [2.24, 2.45) is 11.8 Å². The Balaban J connectivity index is 2.82. The van der Waals surface area contributed by atoms with Gasteiger partial charge in [0.1, 0.15) is 0 Å². The van der Waals surface area contributed by atoms with Gasteiger partial charge in [-0.15, -0.1) is 0 Å². The topological polar surface area (TPSA) is 46.5 Å². The van der Waals surface area contributed by atoms with Gasteiger partial charge in [0.25, 0.3) is 0 Å². The molecule has 4 heteroatoms. The highest BCUT2D eigenvalue weighted by Gasteiger charge is 2.39. The molecule has 0 aliphatic heterocycles. The first-order valence-corrected chi connectivity index (χ1v) is 11.5. The maximum atomic E-state index is 11.4. The van der Waals surface area contributed by atoms with Crippen LogP contribution in [-0.2, 0) is 9.22 Å². The van der Waals surface area contributed by atoms with E-state index in [0.717, 1.165) is 31.4 Å². The minimum atomic E-state index is -1.73. The smallest absolute Gasteiger partial charge is 0.331 e. The number of hydrogen-bond donors (Lipinski definition) is 1. The van der Waals surface area contributed by atoms with Gasteiger partial charge in [0, 0.05) is 12.2 Å². The maximum absolute atomic E-state index is 11.4. The zero-order chi connectivity index (χ0) is 17.1. The van der Waals surface area contributed by atoms with Gasteiger partial charge in [0.2, 0.25) is 0 Å². The minimum absolute atomic E-state index is 0.224. The fourth-order valence-corrected chi connectivity index (χ4v) is 4.12. The van der Waals surface area contributed by atoms with Gasteiger partial charge in [-0.25, -0.2) is 4.79 Å². The molecule has 128 valence electrons. The molecule has 0 bridgehead atoms. The van der Waals surface area contributed by atoms with Gasteiger partial charge in [-0.3, -0.25) is 0 Å². The Morgan fingerprint density at radius 3 is 2.18 bits per heavy atom. The van der Waals surface area contributed by atoms with Crippen molar-refractivity contribution in [1.29, 1.82) is 0 Å². The van der Waals surface area contributed by atoms with E-state index >= 15 is 0 Å². The molecule has 1 saturated carbocycles.